The SMILES string of the molecule is C=C/C(=C\C(=C)C)C1CCN(C(=O)C2CC2)C1.CC. The van der Waals surface area contributed by atoms with Crippen molar-refractivity contribution in [3.8, 4) is 0 Å². The first-order valence-electron chi connectivity index (χ1n) is 7.40. The summed E-state index contributed by atoms with van der Waals surface area (Å²) in [6.45, 7) is 15.5. The average Bonchev–Trinajstić information content (AvgIpc) is 3.15. The van der Waals surface area contributed by atoms with Gasteiger partial charge in [0.05, 0.1) is 0 Å². The number of hydrogen-bond donors (Lipinski definition) is 0. The van der Waals surface area contributed by atoms with E-state index in [0.29, 0.717) is 17.7 Å². The lowest BCUT2D eigenvalue weighted by molar-refractivity contribution is -0.131. The number of allylic oxidation sites excluding steroid dienone is 3. The number of nitrogens with zero attached hydrogens (tertiary/aromatic N) is 1. The molecule has 2 fully saturated rings. The molecular formula is C17H27NO. The standard InChI is InChI=1S/C15H21NO.C2H6/c1-4-12(9-11(2)3)14-7-8-16(10-14)15(17)13-5-6-13;1-2/h4,9,13-14H,1-2,5-8,10H2,3H3;1-2H3/b12-9+;. The van der Waals surface area contributed by atoms with Crippen molar-refractivity contribution in [2.24, 2.45) is 11.8 Å². The summed E-state index contributed by atoms with van der Waals surface area (Å²) >= 11 is 0. The lowest BCUT2D eigenvalue weighted by atomic mass is 9.96. The van der Waals surface area contributed by atoms with E-state index in [1.165, 1.54) is 5.57 Å². The second-order valence-corrected chi connectivity index (χ2v) is 5.24. The Labute approximate surface area is 117 Å². The molecule has 0 bridgehead atoms. The van der Waals surface area contributed by atoms with Gasteiger partial charge in [0, 0.05) is 24.9 Å². The van der Waals surface area contributed by atoms with Crippen LogP contribution in [0.15, 0.2) is 36.5 Å². The number of carbonyl (C=O) groups is 1. The van der Waals surface area contributed by atoms with Crippen molar-refractivity contribution >= 4 is 5.91 Å². The maximum Gasteiger partial charge on any atom is 0.225 e. The Morgan fingerprint density at radius 2 is 1.84 bits per heavy atom. The zero-order valence-corrected chi connectivity index (χ0v) is 12.6. The van der Waals surface area contributed by atoms with E-state index in [-0.39, 0.29) is 0 Å². The molecule has 0 radical (unpaired) electrons. The van der Waals surface area contributed by atoms with E-state index >= 15 is 0 Å². The fourth-order valence-corrected chi connectivity index (χ4v) is 2.45. The zero-order chi connectivity index (χ0) is 14.4. The third-order valence-electron chi connectivity index (χ3n) is 3.55. The molecule has 1 amide bonds. The van der Waals surface area contributed by atoms with E-state index in [1.807, 2.05) is 31.7 Å². The summed E-state index contributed by atoms with van der Waals surface area (Å²) in [7, 11) is 0. The van der Waals surface area contributed by atoms with Gasteiger partial charge in [-0.3, -0.25) is 4.79 Å². The lowest BCUT2D eigenvalue weighted by Crippen LogP contribution is -2.30. The van der Waals surface area contributed by atoms with Crippen molar-refractivity contribution in [1.82, 2.24) is 4.90 Å². The van der Waals surface area contributed by atoms with E-state index < -0.39 is 0 Å². The van der Waals surface area contributed by atoms with Crippen LogP contribution < -0.4 is 0 Å². The lowest BCUT2D eigenvalue weighted by Gasteiger charge is -2.16. The highest BCUT2D eigenvalue weighted by Gasteiger charge is 2.36. The molecule has 2 aliphatic rings. The molecule has 19 heavy (non-hydrogen) atoms. The van der Waals surface area contributed by atoms with E-state index in [4.69, 9.17) is 0 Å². The summed E-state index contributed by atoms with van der Waals surface area (Å²) in [6.07, 6.45) is 7.24. The Hall–Kier alpha value is -1.31. The fraction of sp³-hybridized carbons (Fsp3) is 0.588. The highest BCUT2D eigenvalue weighted by Crippen LogP contribution is 2.34. The maximum atomic E-state index is 11.9. The summed E-state index contributed by atoms with van der Waals surface area (Å²) < 4.78 is 0. The first-order chi connectivity index (χ1) is 9.11. The number of likely N-dealkylation sites (tertiary alicyclic amines) is 1. The van der Waals surface area contributed by atoms with Crippen LogP contribution in [0.4, 0.5) is 0 Å². The van der Waals surface area contributed by atoms with Crippen molar-refractivity contribution in [2.75, 3.05) is 13.1 Å². The molecule has 1 saturated heterocycles. The molecule has 1 heterocycles. The molecule has 2 rings (SSSR count). The van der Waals surface area contributed by atoms with Gasteiger partial charge in [0.15, 0.2) is 0 Å². The van der Waals surface area contributed by atoms with Gasteiger partial charge < -0.3 is 4.90 Å². The fourth-order valence-electron chi connectivity index (χ4n) is 2.45. The van der Waals surface area contributed by atoms with Crippen molar-refractivity contribution in [3.05, 3.63) is 36.5 Å². The van der Waals surface area contributed by atoms with E-state index in [2.05, 4.69) is 19.2 Å². The largest absolute Gasteiger partial charge is 0.342 e. The minimum absolute atomic E-state index is 0.339. The second kappa shape index (κ2) is 7.32. The first-order valence-corrected chi connectivity index (χ1v) is 7.40. The number of amides is 1. The van der Waals surface area contributed by atoms with Gasteiger partial charge in [0.1, 0.15) is 0 Å². The van der Waals surface area contributed by atoms with Crippen LogP contribution in [-0.4, -0.2) is 23.9 Å². The zero-order valence-electron chi connectivity index (χ0n) is 12.6. The van der Waals surface area contributed by atoms with Gasteiger partial charge in [0.2, 0.25) is 5.91 Å². The molecule has 0 aromatic rings. The van der Waals surface area contributed by atoms with E-state index in [0.717, 1.165) is 37.9 Å². The number of carbonyl (C=O) groups excluding carboxylic acids is 1. The monoisotopic (exact) mass is 261 g/mol. The quantitative estimate of drug-likeness (QED) is 0.701. The molecule has 0 N–H and O–H groups in total. The van der Waals surface area contributed by atoms with Crippen molar-refractivity contribution in [2.45, 2.75) is 40.0 Å². The third kappa shape index (κ3) is 4.38. The van der Waals surface area contributed by atoms with Gasteiger partial charge in [-0.1, -0.05) is 44.7 Å². The van der Waals surface area contributed by atoms with Crippen molar-refractivity contribution in [1.29, 1.82) is 0 Å². The predicted octanol–water partition coefficient (Wildman–Crippen LogP) is 3.96. The molecule has 106 valence electrons. The molecule has 0 aromatic carbocycles. The molecular weight excluding hydrogens is 234 g/mol. The van der Waals surface area contributed by atoms with Gasteiger partial charge in [-0.05, 0) is 31.8 Å². The summed E-state index contributed by atoms with van der Waals surface area (Å²) in [6, 6.07) is 0. The van der Waals surface area contributed by atoms with Crippen molar-refractivity contribution in [3.63, 3.8) is 0 Å². The van der Waals surface area contributed by atoms with Crippen molar-refractivity contribution < 1.29 is 4.79 Å². The average molecular weight is 261 g/mol. The van der Waals surface area contributed by atoms with Crippen LogP contribution in [0.5, 0.6) is 0 Å². The summed E-state index contributed by atoms with van der Waals surface area (Å²) in [5, 5.41) is 0. The molecule has 0 spiro atoms. The Balaban J connectivity index is 0.000000861. The Bertz CT molecular complexity index is 377. The number of rotatable bonds is 4. The normalized spacial score (nSPS) is 22.6. The predicted molar refractivity (Wildman–Crippen MR) is 81.9 cm³/mol. The van der Waals surface area contributed by atoms with Gasteiger partial charge in [0.25, 0.3) is 0 Å². The summed E-state index contributed by atoms with van der Waals surface area (Å²) in [5.41, 5.74) is 2.27. The highest BCUT2D eigenvalue weighted by atomic mass is 16.2. The molecule has 0 aromatic heterocycles. The second-order valence-electron chi connectivity index (χ2n) is 5.24. The first kappa shape index (κ1) is 15.7. The Morgan fingerprint density at radius 3 is 2.32 bits per heavy atom. The van der Waals surface area contributed by atoms with Gasteiger partial charge in [-0.2, -0.15) is 0 Å². The van der Waals surface area contributed by atoms with Crippen LogP contribution in [0, 0.1) is 11.8 Å². The highest BCUT2D eigenvalue weighted by molar-refractivity contribution is 5.81. The molecule has 1 aliphatic heterocycles. The van der Waals surface area contributed by atoms with Gasteiger partial charge in [-0.25, -0.2) is 0 Å². The van der Waals surface area contributed by atoms with E-state index in [9.17, 15) is 4.79 Å². The maximum absolute atomic E-state index is 11.9. The molecule has 2 heteroatoms. The molecule has 1 unspecified atom stereocenters. The number of hydrogen-bond acceptors (Lipinski definition) is 1. The smallest absolute Gasteiger partial charge is 0.225 e. The van der Waals surface area contributed by atoms with Crippen LogP contribution in [-0.2, 0) is 4.79 Å². The van der Waals surface area contributed by atoms with Gasteiger partial charge in [-0.15, -0.1) is 0 Å². The Morgan fingerprint density at radius 1 is 1.21 bits per heavy atom. The summed E-state index contributed by atoms with van der Waals surface area (Å²) in [4.78, 5) is 14.0. The summed E-state index contributed by atoms with van der Waals surface area (Å²) in [5.74, 6) is 1.16. The van der Waals surface area contributed by atoms with Crippen LogP contribution in [0.3, 0.4) is 0 Å². The molecule has 1 atom stereocenters. The molecule has 2 nitrogen and oxygen atoms in total. The third-order valence-corrected chi connectivity index (χ3v) is 3.55. The minimum atomic E-state index is 0.339. The van der Waals surface area contributed by atoms with Crippen LogP contribution in [0.1, 0.15) is 40.0 Å². The molecule has 1 saturated carbocycles. The van der Waals surface area contributed by atoms with Crippen LogP contribution >= 0.6 is 0 Å². The topological polar surface area (TPSA) is 20.3 Å². The van der Waals surface area contributed by atoms with Gasteiger partial charge >= 0.3 is 0 Å². The van der Waals surface area contributed by atoms with Crippen LogP contribution in [0.2, 0.25) is 0 Å². The Kier molecular flexibility index (Phi) is 6.07. The molecule has 1 aliphatic carbocycles. The van der Waals surface area contributed by atoms with Crippen LogP contribution in [0.25, 0.3) is 0 Å². The van der Waals surface area contributed by atoms with E-state index in [1.54, 1.807) is 0 Å². The minimum Gasteiger partial charge on any atom is -0.342 e.